The van der Waals surface area contributed by atoms with Gasteiger partial charge >= 0.3 is 0 Å². The van der Waals surface area contributed by atoms with Crippen LogP contribution in [0.1, 0.15) is 27.2 Å². The van der Waals surface area contributed by atoms with E-state index in [0.29, 0.717) is 12.1 Å². The number of rotatable bonds is 3. The molecule has 1 heterocycles. The highest BCUT2D eigenvalue weighted by molar-refractivity contribution is 9.12. The summed E-state index contributed by atoms with van der Waals surface area (Å²) in [6, 6.07) is 1.78. The van der Waals surface area contributed by atoms with Gasteiger partial charge in [0.1, 0.15) is 0 Å². The maximum atomic E-state index is 12.1. The van der Waals surface area contributed by atoms with Crippen LogP contribution >= 0.6 is 43.2 Å². The van der Waals surface area contributed by atoms with Gasteiger partial charge in [0, 0.05) is 12.3 Å². The SMILES string of the molecule is CCC(=O)N(C(=O)C(C)C)c1cc(Br)sc1Br. The summed E-state index contributed by atoms with van der Waals surface area (Å²) in [5.41, 5.74) is 0.618. The smallest absolute Gasteiger partial charge is 0.236 e. The number of hydrogen-bond acceptors (Lipinski definition) is 3. The zero-order valence-electron chi connectivity index (χ0n) is 9.79. The standard InChI is InChI=1S/C11H13Br2NO2S/c1-4-9(15)14(11(16)6(2)3)7-5-8(12)17-10(7)13/h5-6H,4H2,1-3H3. The number of hydrogen-bond donors (Lipinski definition) is 0. The average molecular weight is 383 g/mol. The van der Waals surface area contributed by atoms with E-state index < -0.39 is 0 Å². The molecule has 0 unspecified atom stereocenters. The van der Waals surface area contributed by atoms with Crippen molar-refractivity contribution in [2.45, 2.75) is 27.2 Å². The van der Waals surface area contributed by atoms with E-state index >= 15 is 0 Å². The molecule has 17 heavy (non-hydrogen) atoms. The van der Waals surface area contributed by atoms with E-state index in [-0.39, 0.29) is 17.7 Å². The lowest BCUT2D eigenvalue weighted by atomic mass is 10.1. The van der Waals surface area contributed by atoms with E-state index in [1.165, 1.54) is 16.2 Å². The van der Waals surface area contributed by atoms with Gasteiger partial charge in [-0.05, 0) is 37.9 Å². The fourth-order valence-electron chi connectivity index (χ4n) is 1.28. The lowest BCUT2D eigenvalue weighted by Crippen LogP contribution is -2.39. The number of thiophene rings is 1. The van der Waals surface area contributed by atoms with Crippen LogP contribution in [0.25, 0.3) is 0 Å². The molecule has 1 rings (SSSR count). The Morgan fingerprint density at radius 1 is 1.41 bits per heavy atom. The molecule has 0 aliphatic heterocycles. The van der Waals surface area contributed by atoms with Gasteiger partial charge in [-0.2, -0.15) is 0 Å². The largest absolute Gasteiger partial charge is 0.274 e. The second-order valence-corrected chi connectivity index (χ2v) is 7.53. The van der Waals surface area contributed by atoms with Crippen molar-refractivity contribution in [3.8, 4) is 0 Å². The first kappa shape index (κ1) is 14.9. The van der Waals surface area contributed by atoms with E-state index in [9.17, 15) is 9.59 Å². The lowest BCUT2D eigenvalue weighted by Gasteiger charge is -2.21. The van der Waals surface area contributed by atoms with E-state index in [1.807, 2.05) is 0 Å². The van der Waals surface area contributed by atoms with Gasteiger partial charge in [-0.1, -0.05) is 20.8 Å². The van der Waals surface area contributed by atoms with Crippen LogP contribution in [0.2, 0.25) is 0 Å². The number of nitrogens with zero attached hydrogens (tertiary/aromatic N) is 1. The second-order valence-electron chi connectivity index (χ2n) is 3.79. The van der Waals surface area contributed by atoms with Crippen LogP contribution < -0.4 is 4.90 Å². The number of carbonyl (C=O) groups is 2. The van der Waals surface area contributed by atoms with Gasteiger partial charge in [0.15, 0.2) is 0 Å². The van der Waals surface area contributed by atoms with Crippen LogP contribution in [0.5, 0.6) is 0 Å². The van der Waals surface area contributed by atoms with Crippen molar-refractivity contribution < 1.29 is 9.59 Å². The van der Waals surface area contributed by atoms with Gasteiger partial charge in [0.2, 0.25) is 11.8 Å². The van der Waals surface area contributed by atoms with E-state index in [2.05, 4.69) is 31.9 Å². The summed E-state index contributed by atoms with van der Waals surface area (Å²) in [4.78, 5) is 25.2. The molecule has 1 aromatic heterocycles. The molecule has 94 valence electrons. The first-order chi connectivity index (χ1) is 7.88. The third-order valence-electron chi connectivity index (χ3n) is 2.15. The molecular formula is C11H13Br2NO2S. The summed E-state index contributed by atoms with van der Waals surface area (Å²) >= 11 is 8.16. The molecule has 0 saturated heterocycles. The normalized spacial score (nSPS) is 10.7. The molecule has 3 nitrogen and oxygen atoms in total. The molecule has 1 aromatic rings. The molecule has 0 radical (unpaired) electrons. The third-order valence-corrected chi connectivity index (χ3v) is 4.45. The summed E-state index contributed by atoms with van der Waals surface area (Å²) in [6.07, 6.45) is 0.304. The van der Waals surface area contributed by atoms with Gasteiger partial charge in [0.05, 0.1) is 13.3 Å². The molecular weight excluding hydrogens is 370 g/mol. The highest BCUT2D eigenvalue weighted by Crippen LogP contribution is 2.38. The Morgan fingerprint density at radius 3 is 2.35 bits per heavy atom. The van der Waals surface area contributed by atoms with Crippen molar-refractivity contribution >= 4 is 60.7 Å². The molecule has 6 heteroatoms. The van der Waals surface area contributed by atoms with Crippen LogP contribution in [0.15, 0.2) is 13.6 Å². The number of amides is 2. The maximum absolute atomic E-state index is 12.1. The molecule has 0 aliphatic carbocycles. The lowest BCUT2D eigenvalue weighted by molar-refractivity contribution is -0.128. The molecule has 0 N–H and O–H groups in total. The van der Waals surface area contributed by atoms with Crippen LogP contribution in [-0.2, 0) is 9.59 Å². The highest BCUT2D eigenvalue weighted by Gasteiger charge is 2.27. The maximum Gasteiger partial charge on any atom is 0.236 e. The van der Waals surface area contributed by atoms with E-state index in [4.69, 9.17) is 0 Å². The van der Waals surface area contributed by atoms with Crippen molar-refractivity contribution in [3.63, 3.8) is 0 Å². The Bertz CT molecular complexity index is 443. The molecule has 0 aromatic carbocycles. The minimum atomic E-state index is -0.212. The van der Waals surface area contributed by atoms with Crippen molar-refractivity contribution in [3.05, 3.63) is 13.6 Å². The molecule has 0 saturated carbocycles. The Kier molecular flexibility index (Phi) is 5.34. The minimum Gasteiger partial charge on any atom is -0.274 e. The summed E-state index contributed by atoms with van der Waals surface area (Å²) in [6.45, 7) is 5.32. The van der Waals surface area contributed by atoms with Crippen LogP contribution in [-0.4, -0.2) is 11.8 Å². The Morgan fingerprint density at radius 2 is 2.00 bits per heavy atom. The number of carbonyl (C=O) groups excluding carboxylic acids is 2. The minimum absolute atomic E-state index is 0.178. The Balaban J connectivity index is 3.20. The summed E-state index contributed by atoms with van der Waals surface area (Å²) in [5, 5.41) is 0. The average Bonchev–Trinajstić information content (AvgIpc) is 2.57. The third kappa shape index (κ3) is 3.39. The van der Waals surface area contributed by atoms with Gasteiger partial charge in [-0.3, -0.25) is 9.59 Å². The van der Waals surface area contributed by atoms with Crippen molar-refractivity contribution in [1.29, 1.82) is 0 Å². The Labute approximate surface area is 121 Å². The van der Waals surface area contributed by atoms with E-state index in [1.54, 1.807) is 26.8 Å². The molecule has 2 amide bonds. The molecule has 0 spiro atoms. The quantitative estimate of drug-likeness (QED) is 0.785. The van der Waals surface area contributed by atoms with Gasteiger partial charge in [-0.25, -0.2) is 4.90 Å². The predicted octanol–water partition coefficient (Wildman–Crippen LogP) is 4.20. The van der Waals surface area contributed by atoms with Gasteiger partial charge < -0.3 is 0 Å². The predicted molar refractivity (Wildman–Crippen MR) is 77.3 cm³/mol. The number of anilines is 1. The van der Waals surface area contributed by atoms with E-state index in [0.717, 1.165) is 7.57 Å². The Hall–Kier alpha value is -0.200. The van der Waals surface area contributed by atoms with Crippen LogP contribution in [0.4, 0.5) is 5.69 Å². The zero-order valence-corrected chi connectivity index (χ0v) is 13.8. The second kappa shape index (κ2) is 6.11. The van der Waals surface area contributed by atoms with Gasteiger partial charge in [-0.15, -0.1) is 11.3 Å². The van der Waals surface area contributed by atoms with Crippen molar-refractivity contribution in [2.75, 3.05) is 4.90 Å². The number of imide groups is 1. The molecule has 0 atom stereocenters. The van der Waals surface area contributed by atoms with Crippen molar-refractivity contribution in [2.24, 2.45) is 5.92 Å². The van der Waals surface area contributed by atoms with Crippen LogP contribution in [0.3, 0.4) is 0 Å². The molecule has 0 aliphatic rings. The first-order valence-corrected chi connectivity index (χ1v) is 7.60. The first-order valence-electron chi connectivity index (χ1n) is 5.20. The van der Waals surface area contributed by atoms with Crippen molar-refractivity contribution in [1.82, 2.24) is 0 Å². The number of halogens is 2. The zero-order chi connectivity index (χ0) is 13.2. The monoisotopic (exact) mass is 381 g/mol. The highest BCUT2D eigenvalue weighted by atomic mass is 79.9. The van der Waals surface area contributed by atoms with Gasteiger partial charge in [0.25, 0.3) is 0 Å². The summed E-state index contributed by atoms with van der Waals surface area (Å²) in [5.74, 6) is -0.575. The summed E-state index contributed by atoms with van der Waals surface area (Å²) in [7, 11) is 0. The fourth-order valence-corrected chi connectivity index (χ4v) is 4.04. The summed E-state index contributed by atoms with van der Waals surface area (Å²) < 4.78 is 1.66. The fraction of sp³-hybridized carbons (Fsp3) is 0.455. The topological polar surface area (TPSA) is 37.4 Å². The molecule has 0 fully saturated rings. The molecule has 0 bridgehead atoms. The van der Waals surface area contributed by atoms with Crippen LogP contribution in [0, 0.1) is 5.92 Å².